The van der Waals surface area contributed by atoms with E-state index in [1.54, 1.807) is 10.6 Å². The first kappa shape index (κ1) is 17.8. The average Bonchev–Trinajstić information content (AvgIpc) is 3.51. The van der Waals surface area contributed by atoms with Crippen LogP contribution in [-0.2, 0) is 11.3 Å². The van der Waals surface area contributed by atoms with Gasteiger partial charge in [0.15, 0.2) is 5.16 Å². The molecule has 6 heteroatoms. The van der Waals surface area contributed by atoms with Crippen LogP contribution < -0.4 is 10.9 Å². The highest BCUT2D eigenvalue weighted by molar-refractivity contribution is 8.00. The SMILES string of the molecule is CCn1c(SC(C(=O)NC2CC2)c2ccccc2)nc2ccccc2c1=O. The molecule has 0 radical (unpaired) electrons. The van der Waals surface area contributed by atoms with Gasteiger partial charge in [-0.3, -0.25) is 14.2 Å². The number of rotatable bonds is 6. The van der Waals surface area contributed by atoms with Crippen LogP contribution in [0.25, 0.3) is 10.9 Å². The van der Waals surface area contributed by atoms with E-state index in [1.165, 1.54) is 11.8 Å². The number of benzene rings is 2. The summed E-state index contributed by atoms with van der Waals surface area (Å²) in [5.74, 6) is -0.0289. The van der Waals surface area contributed by atoms with Crippen LogP contribution in [0, 0.1) is 0 Å². The van der Waals surface area contributed by atoms with Crippen LogP contribution in [0.2, 0.25) is 0 Å². The van der Waals surface area contributed by atoms with Crippen molar-refractivity contribution in [3.8, 4) is 0 Å². The highest BCUT2D eigenvalue weighted by Gasteiger charge is 2.30. The number of carbonyl (C=O) groups excluding carboxylic acids is 1. The predicted molar refractivity (Wildman–Crippen MR) is 108 cm³/mol. The first-order valence-corrected chi connectivity index (χ1v) is 10.1. The van der Waals surface area contributed by atoms with Gasteiger partial charge < -0.3 is 5.32 Å². The number of para-hydroxylation sites is 1. The Morgan fingerprint density at radius 2 is 1.89 bits per heavy atom. The highest BCUT2D eigenvalue weighted by atomic mass is 32.2. The van der Waals surface area contributed by atoms with Crippen LogP contribution in [0.15, 0.2) is 64.5 Å². The standard InChI is InChI=1S/C21H21N3O2S/c1-2-24-20(26)16-10-6-7-11-17(16)23-21(24)27-18(14-8-4-3-5-9-14)19(25)22-15-12-13-15/h3-11,15,18H,2,12-13H2,1H3,(H,22,25). The summed E-state index contributed by atoms with van der Waals surface area (Å²) in [7, 11) is 0. The van der Waals surface area contributed by atoms with Gasteiger partial charge in [0, 0.05) is 12.6 Å². The molecule has 1 unspecified atom stereocenters. The zero-order valence-electron chi connectivity index (χ0n) is 15.1. The minimum absolute atomic E-state index is 0.0289. The Labute approximate surface area is 161 Å². The third kappa shape index (κ3) is 3.76. The molecule has 2 aromatic carbocycles. The lowest BCUT2D eigenvalue weighted by atomic mass is 10.1. The van der Waals surface area contributed by atoms with E-state index in [1.807, 2.05) is 55.5 Å². The Morgan fingerprint density at radius 1 is 1.19 bits per heavy atom. The molecule has 27 heavy (non-hydrogen) atoms. The molecular formula is C21H21N3O2S. The van der Waals surface area contributed by atoms with Crippen molar-refractivity contribution in [2.45, 2.75) is 42.8 Å². The van der Waals surface area contributed by atoms with Gasteiger partial charge >= 0.3 is 0 Å². The quantitative estimate of drug-likeness (QED) is 0.526. The van der Waals surface area contributed by atoms with Gasteiger partial charge in [-0.05, 0) is 37.5 Å². The van der Waals surface area contributed by atoms with E-state index in [9.17, 15) is 9.59 Å². The maximum Gasteiger partial charge on any atom is 0.262 e. The maximum absolute atomic E-state index is 12.9. The van der Waals surface area contributed by atoms with E-state index in [0.29, 0.717) is 22.6 Å². The minimum atomic E-state index is -0.447. The maximum atomic E-state index is 12.9. The van der Waals surface area contributed by atoms with Crippen molar-refractivity contribution in [3.05, 3.63) is 70.5 Å². The zero-order chi connectivity index (χ0) is 18.8. The van der Waals surface area contributed by atoms with Crippen molar-refractivity contribution in [1.82, 2.24) is 14.9 Å². The number of nitrogens with one attached hydrogen (secondary N) is 1. The molecule has 1 heterocycles. The number of fused-ring (bicyclic) bond motifs is 1. The summed E-state index contributed by atoms with van der Waals surface area (Å²) in [6.07, 6.45) is 2.07. The number of amides is 1. The van der Waals surface area contributed by atoms with E-state index in [-0.39, 0.29) is 17.5 Å². The molecule has 4 rings (SSSR count). The van der Waals surface area contributed by atoms with Crippen molar-refractivity contribution in [2.75, 3.05) is 0 Å². The van der Waals surface area contributed by atoms with E-state index >= 15 is 0 Å². The lowest BCUT2D eigenvalue weighted by Gasteiger charge is -2.19. The van der Waals surface area contributed by atoms with Gasteiger partial charge in [-0.1, -0.05) is 54.2 Å². The summed E-state index contributed by atoms with van der Waals surface area (Å²) in [4.78, 5) is 30.5. The first-order valence-electron chi connectivity index (χ1n) is 9.19. The molecule has 0 aliphatic heterocycles. The van der Waals surface area contributed by atoms with Gasteiger partial charge in [0.1, 0.15) is 5.25 Å². The smallest absolute Gasteiger partial charge is 0.262 e. The fourth-order valence-corrected chi connectivity index (χ4v) is 4.20. The summed E-state index contributed by atoms with van der Waals surface area (Å²) in [5.41, 5.74) is 1.50. The van der Waals surface area contributed by atoms with E-state index in [2.05, 4.69) is 5.32 Å². The van der Waals surface area contributed by atoms with Gasteiger partial charge in [-0.15, -0.1) is 0 Å². The molecule has 5 nitrogen and oxygen atoms in total. The molecule has 1 amide bonds. The lowest BCUT2D eigenvalue weighted by molar-refractivity contribution is -0.120. The summed E-state index contributed by atoms with van der Waals surface area (Å²) in [6, 6.07) is 17.3. The van der Waals surface area contributed by atoms with Crippen molar-refractivity contribution < 1.29 is 4.79 Å². The Morgan fingerprint density at radius 3 is 2.59 bits per heavy atom. The van der Waals surface area contributed by atoms with Gasteiger partial charge in [0.25, 0.3) is 5.56 Å². The predicted octanol–water partition coefficient (Wildman–Crippen LogP) is 3.53. The molecule has 1 N–H and O–H groups in total. The van der Waals surface area contributed by atoms with Gasteiger partial charge in [-0.25, -0.2) is 4.98 Å². The average molecular weight is 379 g/mol. The largest absolute Gasteiger partial charge is 0.352 e. The molecule has 1 aromatic heterocycles. The Bertz CT molecular complexity index is 1030. The second-order valence-electron chi connectivity index (χ2n) is 6.65. The topological polar surface area (TPSA) is 64.0 Å². The highest BCUT2D eigenvalue weighted by Crippen LogP contribution is 2.35. The van der Waals surface area contributed by atoms with E-state index in [4.69, 9.17) is 4.98 Å². The van der Waals surface area contributed by atoms with Crippen LogP contribution in [-0.4, -0.2) is 21.5 Å². The van der Waals surface area contributed by atoms with Crippen LogP contribution in [0.3, 0.4) is 0 Å². The second-order valence-corrected chi connectivity index (χ2v) is 7.72. The number of hydrogen-bond acceptors (Lipinski definition) is 4. The number of nitrogens with zero attached hydrogens (tertiary/aromatic N) is 2. The van der Waals surface area contributed by atoms with Crippen molar-refractivity contribution in [2.24, 2.45) is 0 Å². The third-order valence-corrected chi connectivity index (χ3v) is 5.87. The van der Waals surface area contributed by atoms with Gasteiger partial charge in [0.05, 0.1) is 10.9 Å². The zero-order valence-corrected chi connectivity index (χ0v) is 15.9. The summed E-state index contributed by atoms with van der Waals surface area (Å²) < 4.78 is 1.65. The van der Waals surface area contributed by atoms with Crippen molar-refractivity contribution >= 4 is 28.6 Å². The van der Waals surface area contributed by atoms with E-state index < -0.39 is 5.25 Å². The number of aromatic nitrogens is 2. The molecule has 1 saturated carbocycles. The minimum Gasteiger partial charge on any atom is -0.352 e. The van der Waals surface area contributed by atoms with Crippen LogP contribution >= 0.6 is 11.8 Å². The van der Waals surface area contributed by atoms with Crippen molar-refractivity contribution in [1.29, 1.82) is 0 Å². The molecule has 1 atom stereocenters. The van der Waals surface area contributed by atoms with Gasteiger partial charge in [0.2, 0.25) is 5.91 Å². The molecule has 1 aliphatic rings. The fraction of sp³-hybridized carbons (Fsp3) is 0.286. The number of thioether (sulfide) groups is 1. The molecule has 1 fully saturated rings. The molecule has 0 bridgehead atoms. The Kier molecular flexibility index (Phi) is 4.99. The molecule has 3 aromatic rings. The first-order chi connectivity index (χ1) is 13.2. The number of carbonyl (C=O) groups is 1. The molecule has 138 valence electrons. The summed E-state index contributed by atoms with van der Waals surface area (Å²) in [5, 5.41) is 3.81. The fourth-order valence-electron chi connectivity index (χ4n) is 3.03. The Balaban J connectivity index is 1.76. The van der Waals surface area contributed by atoms with Crippen LogP contribution in [0.5, 0.6) is 0 Å². The summed E-state index contributed by atoms with van der Waals surface area (Å²) >= 11 is 1.34. The van der Waals surface area contributed by atoms with E-state index in [0.717, 1.165) is 18.4 Å². The monoisotopic (exact) mass is 379 g/mol. The Hall–Kier alpha value is -2.60. The number of hydrogen-bond donors (Lipinski definition) is 1. The van der Waals surface area contributed by atoms with Crippen LogP contribution in [0.1, 0.15) is 30.6 Å². The molecule has 0 saturated heterocycles. The van der Waals surface area contributed by atoms with Crippen molar-refractivity contribution in [3.63, 3.8) is 0 Å². The normalized spacial score (nSPS) is 14.9. The van der Waals surface area contributed by atoms with Gasteiger partial charge in [-0.2, -0.15) is 0 Å². The third-order valence-electron chi connectivity index (χ3n) is 4.63. The second kappa shape index (κ2) is 7.56. The molecule has 1 aliphatic carbocycles. The lowest BCUT2D eigenvalue weighted by Crippen LogP contribution is -2.30. The summed E-state index contributed by atoms with van der Waals surface area (Å²) in [6.45, 7) is 2.43. The molecular weight excluding hydrogens is 358 g/mol. The molecule has 0 spiro atoms. The van der Waals surface area contributed by atoms with Crippen LogP contribution in [0.4, 0.5) is 0 Å².